The zero-order valence-corrected chi connectivity index (χ0v) is 37.1. The van der Waals surface area contributed by atoms with Crippen LogP contribution in [0.25, 0.3) is 11.1 Å². The van der Waals surface area contributed by atoms with Crippen molar-refractivity contribution in [3.8, 4) is 34.1 Å². The zero-order valence-electron chi connectivity index (χ0n) is 37.1. The lowest BCUT2D eigenvalue weighted by molar-refractivity contribution is -0.217. The number of benzene rings is 4. The van der Waals surface area contributed by atoms with Crippen LogP contribution in [0.2, 0.25) is 0 Å². The van der Waals surface area contributed by atoms with Gasteiger partial charge in [-0.05, 0) is 140 Å². The molecule has 0 radical (unpaired) electrons. The lowest BCUT2D eigenvalue weighted by Crippen LogP contribution is -2.45. The number of rotatable bonds is 28. The van der Waals surface area contributed by atoms with Gasteiger partial charge in [0, 0.05) is 30.0 Å². The van der Waals surface area contributed by atoms with Gasteiger partial charge in [0.05, 0.1) is 58.4 Å². The second-order valence-electron chi connectivity index (χ2n) is 17.4. The number of hydrogen-bond donors (Lipinski definition) is 0. The molecule has 1 aliphatic carbocycles. The molecular weight excluding hydrogens is 785 g/mol. The monoisotopic (exact) mass is 850 g/mol. The number of unbranched alkanes of at least 4 members (excludes halogenated alkanes) is 6. The highest BCUT2D eigenvalue weighted by molar-refractivity contribution is 5.91. The fourth-order valence-corrected chi connectivity index (χ4v) is 8.11. The van der Waals surface area contributed by atoms with Gasteiger partial charge in [-0.1, -0.05) is 57.9 Å². The summed E-state index contributed by atoms with van der Waals surface area (Å²) in [5.41, 5.74) is 6.46. The normalized spacial score (nSPS) is 16.7. The van der Waals surface area contributed by atoms with E-state index < -0.39 is 5.97 Å². The highest BCUT2D eigenvalue weighted by Gasteiger charge is 2.37. The third-order valence-electron chi connectivity index (χ3n) is 12.7. The number of esters is 1. The van der Waals surface area contributed by atoms with Crippen LogP contribution in [0.15, 0.2) is 84.9 Å². The lowest BCUT2D eigenvalue weighted by atomic mass is 9.84. The Morgan fingerprint density at radius 3 is 1.55 bits per heavy atom. The van der Waals surface area contributed by atoms with Crippen LogP contribution in [0.4, 0.5) is 0 Å². The molecule has 3 aliphatic rings. The smallest absolute Gasteiger partial charge is 0.343 e. The first kappa shape index (κ1) is 45.6. The van der Waals surface area contributed by atoms with Crippen molar-refractivity contribution in [3.05, 3.63) is 107 Å². The molecule has 7 rings (SSSR count). The number of ether oxygens (including phenoxy) is 7. The third kappa shape index (κ3) is 12.4. The fraction of sp³-hybridized carbons (Fsp3) is 0.519. The highest BCUT2D eigenvalue weighted by atomic mass is 17.2. The summed E-state index contributed by atoms with van der Waals surface area (Å²) in [7, 11) is 0. The van der Waals surface area contributed by atoms with Crippen molar-refractivity contribution < 1.29 is 47.7 Å². The van der Waals surface area contributed by atoms with Gasteiger partial charge in [-0.3, -0.25) is 0 Å². The lowest BCUT2D eigenvalue weighted by Gasteiger charge is -2.40. The molecule has 10 heteroatoms. The highest BCUT2D eigenvalue weighted by Crippen LogP contribution is 2.47. The third-order valence-corrected chi connectivity index (χ3v) is 12.7. The predicted octanol–water partition coefficient (Wildman–Crippen LogP) is 11.3. The molecule has 2 saturated heterocycles. The Morgan fingerprint density at radius 1 is 0.581 bits per heavy atom. The summed E-state index contributed by atoms with van der Waals surface area (Å²) < 4.78 is 40.3. The fourth-order valence-electron chi connectivity index (χ4n) is 8.11. The Hall–Kier alpha value is -4.45. The van der Waals surface area contributed by atoms with Crippen LogP contribution in [-0.4, -0.2) is 72.0 Å². The average molecular weight is 851 g/mol. The molecule has 0 N–H and O–H groups in total. The van der Waals surface area contributed by atoms with E-state index in [4.69, 9.17) is 42.9 Å². The number of fused-ring (bicyclic) bond motifs is 3. The second kappa shape index (κ2) is 22.8. The van der Waals surface area contributed by atoms with Gasteiger partial charge >= 0.3 is 5.97 Å². The van der Waals surface area contributed by atoms with Crippen LogP contribution in [0.5, 0.6) is 23.0 Å². The summed E-state index contributed by atoms with van der Waals surface area (Å²) in [4.78, 5) is 24.5. The molecule has 2 heterocycles. The van der Waals surface area contributed by atoms with E-state index in [1.807, 2.05) is 66.7 Å². The van der Waals surface area contributed by atoms with Crippen LogP contribution >= 0.6 is 0 Å². The van der Waals surface area contributed by atoms with Gasteiger partial charge in [-0.25, -0.2) is 4.79 Å². The maximum atomic E-state index is 13.1. The Labute approximate surface area is 368 Å². The summed E-state index contributed by atoms with van der Waals surface area (Å²) >= 11 is 0. The molecule has 334 valence electrons. The molecule has 2 aliphatic heterocycles. The van der Waals surface area contributed by atoms with Crippen molar-refractivity contribution in [1.29, 1.82) is 0 Å². The van der Waals surface area contributed by atoms with Crippen molar-refractivity contribution in [1.82, 2.24) is 0 Å². The van der Waals surface area contributed by atoms with E-state index in [9.17, 15) is 4.79 Å². The van der Waals surface area contributed by atoms with Gasteiger partial charge in [-0.15, -0.1) is 0 Å². The molecule has 4 aromatic carbocycles. The maximum absolute atomic E-state index is 13.1. The van der Waals surface area contributed by atoms with E-state index in [0.29, 0.717) is 36.9 Å². The summed E-state index contributed by atoms with van der Waals surface area (Å²) in [6.07, 6.45) is 10.8. The van der Waals surface area contributed by atoms with Gasteiger partial charge in [0.25, 0.3) is 0 Å². The largest absolute Gasteiger partial charge is 0.494 e. The first-order valence-electron chi connectivity index (χ1n) is 22.9. The average Bonchev–Trinajstić information content (AvgIpc) is 3.54. The molecule has 0 bridgehead atoms. The molecule has 2 fully saturated rings. The summed E-state index contributed by atoms with van der Waals surface area (Å²) in [6.45, 7) is 14.8. The molecule has 0 aromatic heterocycles. The van der Waals surface area contributed by atoms with Crippen LogP contribution in [-0.2, 0) is 30.4 Å². The van der Waals surface area contributed by atoms with Gasteiger partial charge < -0.3 is 38.0 Å². The second-order valence-corrected chi connectivity index (χ2v) is 17.4. The number of hydrogen-bond acceptors (Lipinski definition) is 10. The molecule has 0 saturated carbocycles. The quantitative estimate of drug-likeness (QED) is 0.0180. The van der Waals surface area contributed by atoms with Crippen LogP contribution in [0, 0.1) is 10.8 Å². The number of carbonyl (C=O) groups excluding carboxylic acids is 1. The van der Waals surface area contributed by atoms with Gasteiger partial charge in [0.1, 0.15) is 23.9 Å². The van der Waals surface area contributed by atoms with E-state index in [1.54, 1.807) is 12.1 Å². The van der Waals surface area contributed by atoms with Crippen LogP contribution < -0.4 is 19.1 Å². The molecule has 0 amide bonds. The molecule has 1 unspecified atom stereocenters. The molecule has 4 aromatic rings. The van der Waals surface area contributed by atoms with Gasteiger partial charge in [0.2, 0.25) is 0 Å². The van der Waals surface area contributed by atoms with Crippen molar-refractivity contribution in [3.63, 3.8) is 0 Å². The molecule has 0 spiro atoms. The topological polar surface area (TPSA) is 100 Å². The summed E-state index contributed by atoms with van der Waals surface area (Å²) in [5, 5.41) is 0. The molecular formula is C52H66O10. The van der Waals surface area contributed by atoms with E-state index in [0.717, 1.165) is 156 Å². The van der Waals surface area contributed by atoms with Crippen molar-refractivity contribution in [2.24, 2.45) is 10.8 Å². The molecule has 62 heavy (non-hydrogen) atoms. The standard InChI is InChI=1S/C52H66O10/c1-4-51(35-56-36-51)33-54-26-10-6-8-12-28-58-42-18-14-40(15-19-42)32-60-62-45-23-25-47-46-24-22-44(30-48(46)39(3)49(47)31-45)61-50(53)41-16-20-43(21-17-41)59-29-13-9-7-11-27-55-34-52(5-2)37-57-38-52/h14-25,30-31,39H,4-13,26-29,32-38H2,1-3H3. The summed E-state index contributed by atoms with van der Waals surface area (Å²) in [5.74, 6) is 2.41. The van der Waals surface area contributed by atoms with E-state index in [2.05, 4.69) is 26.8 Å². The van der Waals surface area contributed by atoms with Gasteiger partial charge in [-0.2, -0.15) is 4.89 Å². The van der Waals surface area contributed by atoms with E-state index in [1.165, 1.54) is 0 Å². The minimum atomic E-state index is -0.407. The summed E-state index contributed by atoms with van der Waals surface area (Å²) in [6, 6.07) is 26.9. The SMILES string of the molecule is CCC1(COCCCCCCOc2ccc(COOc3ccc4c(c3)C(C)c3cc(OC(=O)c5ccc(OCCCCCCOCC6(CC)COC6)cc5)ccc3-4)cc2)COC1. The predicted molar refractivity (Wildman–Crippen MR) is 239 cm³/mol. The first-order valence-corrected chi connectivity index (χ1v) is 22.9. The number of carbonyl (C=O) groups is 1. The molecule has 10 nitrogen and oxygen atoms in total. The van der Waals surface area contributed by atoms with Crippen molar-refractivity contribution in [2.75, 3.05) is 66.1 Å². The zero-order chi connectivity index (χ0) is 43.0. The van der Waals surface area contributed by atoms with Crippen molar-refractivity contribution >= 4 is 5.97 Å². The first-order chi connectivity index (χ1) is 30.4. The van der Waals surface area contributed by atoms with E-state index >= 15 is 0 Å². The Kier molecular flexibility index (Phi) is 16.7. The van der Waals surface area contributed by atoms with Crippen LogP contribution in [0.3, 0.4) is 0 Å². The maximum Gasteiger partial charge on any atom is 0.343 e. The minimum Gasteiger partial charge on any atom is -0.494 e. The Balaban J connectivity index is 0.762. The Bertz CT molecular complexity index is 1970. The van der Waals surface area contributed by atoms with E-state index in [-0.39, 0.29) is 16.7 Å². The van der Waals surface area contributed by atoms with Crippen LogP contribution in [0.1, 0.15) is 118 Å². The Morgan fingerprint density at radius 2 is 1.05 bits per heavy atom. The minimum absolute atomic E-state index is 0.0836. The van der Waals surface area contributed by atoms with Gasteiger partial charge in [0.15, 0.2) is 5.75 Å². The van der Waals surface area contributed by atoms with Crippen molar-refractivity contribution in [2.45, 2.75) is 97.5 Å². The molecule has 1 atom stereocenters.